The highest BCUT2D eigenvalue weighted by Crippen LogP contribution is 2.00. The van der Waals surface area contributed by atoms with E-state index in [9.17, 15) is 0 Å². The van der Waals surface area contributed by atoms with Crippen molar-refractivity contribution in [2.24, 2.45) is 5.92 Å². The Morgan fingerprint density at radius 3 is 2.45 bits per heavy atom. The topological polar surface area (TPSA) is 35.5 Å². The Bertz CT molecular complexity index is 86.2. The summed E-state index contributed by atoms with van der Waals surface area (Å²) in [4.78, 5) is 2.14. The van der Waals surface area contributed by atoms with Crippen molar-refractivity contribution in [3.05, 3.63) is 0 Å². The maximum absolute atomic E-state index is 8.91. The van der Waals surface area contributed by atoms with Crippen molar-refractivity contribution in [1.82, 2.24) is 10.2 Å². The Morgan fingerprint density at radius 2 is 2.09 bits per heavy atom. The van der Waals surface area contributed by atoms with Crippen molar-refractivity contribution < 1.29 is 5.11 Å². The predicted octanol–water partition coefficient (Wildman–Crippen LogP) is -0.234. The van der Waals surface area contributed by atoms with Crippen LogP contribution in [0.2, 0.25) is 0 Å². The molecule has 0 aromatic rings. The molecule has 68 valence electrons. The Hall–Kier alpha value is -0.120. The average molecular weight is 160 g/mol. The van der Waals surface area contributed by atoms with Gasteiger partial charge in [-0.3, -0.25) is 0 Å². The SMILES string of the molecule is CNCC(CO)CCN(C)C. The quantitative estimate of drug-likeness (QED) is 0.563. The molecule has 3 heteroatoms. The van der Waals surface area contributed by atoms with Crippen LogP contribution >= 0.6 is 0 Å². The van der Waals surface area contributed by atoms with Gasteiger partial charge in [0, 0.05) is 6.61 Å². The van der Waals surface area contributed by atoms with Gasteiger partial charge in [0.15, 0.2) is 0 Å². The summed E-state index contributed by atoms with van der Waals surface area (Å²) in [5.74, 6) is 0.405. The van der Waals surface area contributed by atoms with E-state index in [1.165, 1.54) is 0 Å². The van der Waals surface area contributed by atoms with Gasteiger partial charge < -0.3 is 15.3 Å². The van der Waals surface area contributed by atoms with Crippen molar-refractivity contribution >= 4 is 0 Å². The van der Waals surface area contributed by atoms with Crippen LogP contribution in [0.15, 0.2) is 0 Å². The molecule has 0 bridgehead atoms. The Kier molecular flexibility index (Phi) is 6.51. The van der Waals surface area contributed by atoms with Crippen LogP contribution in [-0.2, 0) is 0 Å². The third-order valence-electron chi connectivity index (χ3n) is 1.74. The van der Waals surface area contributed by atoms with Gasteiger partial charge in [0.1, 0.15) is 0 Å². The van der Waals surface area contributed by atoms with Crippen LogP contribution in [0.1, 0.15) is 6.42 Å². The Morgan fingerprint density at radius 1 is 1.45 bits per heavy atom. The molecule has 0 aliphatic rings. The minimum atomic E-state index is 0.286. The summed E-state index contributed by atoms with van der Waals surface area (Å²) in [5, 5.41) is 12.0. The molecule has 0 amide bonds. The minimum absolute atomic E-state index is 0.286. The molecule has 0 saturated carbocycles. The van der Waals surface area contributed by atoms with Gasteiger partial charge in [-0.05, 0) is 46.6 Å². The molecule has 1 atom stereocenters. The first kappa shape index (κ1) is 10.9. The van der Waals surface area contributed by atoms with E-state index in [4.69, 9.17) is 5.11 Å². The first-order chi connectivity index (χ1) is 5.20. The lowest BCUT2D eigenvalue weighted by Gasteiger charge is -2.16. The lowest BCUT2D eigenvalue weighted by Crippen LogP contribution is -2.26. The molecule has 3 nitrogen and oxygen atoms in total. The number of hydrogen-bond acceptors (Lipinski definition) is 3. The summed E-state index contributed by atoms with van der Waals surface area (Å²) in [5.41, 5.74) is 0. The van der Waals surface area contributed by atoms with Gasteiger partial charge in [-0.25, -0.2) is 0 Å². The standard InChI is InChI=1S/C8H20N2O/c1-9-6-8(7-11)4-5-10(2)3/h8-9,11H,4-7H2,1-3H3. The number of rotatable bonds is 6. The summed E-state index contributed by atoms with van der Waals surface area (Å²) in [7, 11) is 6.01. The zero-order chi connectivity index (χ0) is 8.69. The van der Waals surface area contributed by atoms with Crippen LogP contribution in [0.5, 0.6) is 0 Å². The van der Waals surface area contributed by atoms with Crippen LogP contribution in [0.3, 0.4) is 0 Å². The van der Waals surface area contributed by atoms with Crippen molar-refractivity contribution in [2.75, 3.05) is 40.8 Å². The molecule has 2 N–H and O–H groups in total. The third-order valence-corrected chi connectivity index (χ3v) is 1.74. The molecule has 11 heavy (non-hydrogen) atoms. The van der Waals surface area contributed by atoms with Crippen LogP contribution in [0, 0.1) is 5.92 Å². The first-order valence-electron chi connectivity index (χ1n) is 4.11. The molecule has 0 saturated heterocycles. The number of nitrogens with zero attached hydrogens (tertiary/aromatic N) is 1. The van der Waals surface area contributed by atoms with Crippen LogP contribution in [-0.4, -0.2) is 50.8 Å². The minimum Gasteiger partial charge on any atom is -0.396 e. The monoisotopic (exact) mass is 160 g/mol. The Balaban J connectivity index is 3.35. The summed E-state index contributed by atoms with van der Waals surface area (Å²) in [6.07, 6.45) is 1.06. The fourth-order valence-electron chi connectivity index (χ4n) is 0.987. The fourth-order valence-corrected chi connectivity index (χ4v) is 0.987. The van der Waals surface area contributed by atoms with Gasteiger partial charge >= 0.3 is 0 Å². The average Bonchev–Trinajstić information content (AvgIpc) is 1.97. The van der Waals surface area contributed by atoms with E-state index >= 15 is 0 Å². The molecule has 0 aromatic heterocycles. The van der Waals surface area contributed by atoms with Crippen molar-refractivity contribution in [3.63, 3.8) is 0 Å². The third kappa shape index (κ3) is 6.28. The fraction of sp³-hybridized carbons (Fsp3) is 1.00. The van der Waals surface area contributed by atoms with E-state index in [1.807, 2.05) is 21.1 Å². The maximum atomic E-state index is 8.91. The highest BCUT2D eigenvalue weighted by atomic mass is 16.3. The first-order valence-corrected chi connectivity index (χ1v) is 4.11. The lowest BCUT2D eigenvalue weighted by molar-refractivity contribution is 0.205. The van der Waals surface area contributed by atoms with Crippen molar-refractivity contribution in [2.45, 2.75) is 6.42 Å². The Labute approximate surface area is 69.4 Å². The van der Waals surface area contributed by atoms with E-state index in [2.05, 4.69) is 10.2 Å². The molecular weight excluding hydrogens is 140 g/mol. The second-order valence-electron chi connectivity index (χ2n) is 3.20. The summed E-state index contributed by atoms with van der Waals surface area (Å²) in [6, 6.07) is 0. The van der Waals surface area contributed by atoms with Crippen LogP contribution in [0.25, 0.3) is 0 Å². The zero-order valence-electron chi connectivity index (χ0n) is 7.80. The van der Waals surface area contributed by atoms with Gasteiger partial charge in [0.25, 0.3) is 0 Å². The smallest absolute Gasteiger partial charge is 0.0471 e. The van der Waals surface area contributed by atoms with E-state index in [-0.39, 0.29) is 6.61 Å². The number of aliphatic hydroxyl groups excluding tert-OH is 1. The molecule has 1 unspecified atom stereocenters. The second kappa shape index (κ2) is 6.58. The molecule has 0 heterocycles. The largest absolute Gasteiger partial charge is 0.396 e. The zero-order valence-corrected chi connectivity index (χ0v) is 7.80. The van der Waals surface area contributed by atoms with Crippen molar-refractivity contribution in [3.8, 4) is 0 Å². The molecule has 0 fully saturated rings. The molecule has 0 aliphatic heterocycles. The normalized spacial score (nSPS) is 13.9. The van der Waals surface area contributed by atoms with Gasteiger partial charge in [0.05, 0.1) is 0 Å². The van der Waals surface area contributed by atoms with Gasteiger partial charge in [-0.1, -0.05) is 0 Å². The summed E-state index contributed by atoms with van der Waals surface area (Å²) >= 11 is 0. The number of hydrogen-bond donors (Lipinski definition) is 2. The van der Waals surface area contributed by atoms with E-state index in [1.54, 1.807) is 0 Å². The van der Waals surface area contributed by atoms with Gasteiger partial charge in [-0.15, -0.1) is 0 Å². The highest BCUT2D eigenvalue weighted by molar-refractivity contribution is 4.60. The van der Waals surface area contributed by atoms with Gasteiger partial charge in [-0.2, -0.15) is 0 Å². The lowest BCUT2D eigenvalue weighted by atomic mass is 10.1. The summed E-state index contributed by atoms with van der Waals surface area (Å²) < 4.78 is 0. The van der Waals surface area contributed by atoms with E-state index in [0.717, 1.165) is 19.5 Å². The predicted molar refractivity (Wildman–Crippen MR) is 47.7 cm³/mol. The van der Waals surface area contributed by atoms with Gasteiger partial charge in [0.2, 0.25) is 0 Å². The summed E-state index contributed by atoms with van der Waals surface area (Å²) in [6.45, 7) is 2.24. The molecule has 0 aromatic carbocycles. The highest BCUT2D eigenvalue weighted by Gasteiger charge is 2.05. The molecule has 0 rings (SSSR count). The molecule has 0 aliphatic carbocycles. The van der Waals surface area contributed by atoms with E-state index < -0.39 is 0 Å². The maximum Gasteiger partial charge on any atom is 0.0471 e. The number of aliphatic hydroxyl groups is 1. The molecular formula is C8H20N2O. The van der Waals surface area contributed by atoms with E-state index in [0.29, 0.717) is 5.92 Å². The van der Waals surface area contributed by atoms with Crippen molar-refractivity contribution in [1.29, 1.82) is 0 Å². The molecule has 0 spiro atoms. The van der Waals surface area contributed by atoms with Crippen LogP contribution < -0.4 is 5.32 Å². The second-order valence-corrected chi connectivity index (χ2v) is 3.20. The number of nitrogens with one attached hydrogen (secondary N) is 1. The molecule has 0 radical (unpaired) electrons. The van der Waals surface area contributed by atoms with Crippen LogP contribution in [0.4, 0.5) is 0 Å².